The van der Waals surface area contributed by atoms with E-state index < -0.39 is 24.1 Å². The molecule has 0 radical (unpaired) electrons. The van der Waals surface area contributed by atoms with Crippen molar-refractivity contribution in [1.29, 1.82) is 0 Å². The van der Waals surface area contributed by atoms with Gasteiger partial charge in [-0.3, -0.25) is 19.4 Å². The highest BCUT2D eigenvalue weighted by atomic mass is 35.5. The molecule has 4 heterocycles. The van der Waals surface area contributed by atoms with Crippen molar-refractivity contribution in [3.63, 3.8) is 0 Å². The SMILES string of the molecule is CNC(=O)[C@@H](CCCCN=C(C)N)NC(=O)c1csc([C@H]2C[C@@H](O)CN2C(=O)c2cn3cc(Cl)ccc3n2)n1. The lowest BCUT2D eigenvalue weighted by Crippen LogP contribution is -2.45. The fourth-order valence-electron chi connectivity index (χ4n) is 4.42. The van der Waals surface area contributed by atoms with Gasteiger partial charge in [0.15, 0.2) is 0 Å². The minimum Gasteiger partial charge on any atom is -0.391 e. The highest BCUT2D eigenvalue weighted by Crippen LogP contribution is 2.35. The number of nitrogens with one attached hydrogen (secondary N) is 2. The van der Waals surface area contributed by atoms with Gasteiger partial charge in [0.25, 0.3) is 11.8 Å². The number of aliphatic hydroxyl groups is 1. The molecule has 5 N–H and O–H groups in total. The van der Waals surface area contributed by atoms with Gasteiger partial charge in [-0.05, 0) is 38.3 Å². The van der Waals surface area contributed by atoms with Gasteiger partial charge in [0.05, 0.1) is 23.0 Å². The van der Waals surface area contributed by atoms with E-state index in [1.165, 1.54) is 23.3 Å². The first-order valence-corrected chi connectivity index (χ1v) is 13.8. The summed E-state index contributed by atoms with van der Waals surface area (Å²) in [5, 5.41) is 18.3. The van der Waals surface area contributed by atoms with Gasteiger partial charge >= 0.3 is 0 Å². The summed E-state index contributed by atoms with van der Waals surface area (Å²) < 4.78 is 1.66. The molecule has 3 aromatic rings. The third-order valence-corrected chi connectivity index (χ3v) is 7.51. The van der Waals surface area contributed by atoms with E-state index in [4.69, 9.17) is 17.3 Å². The molecule has 3 aromatic heterocycles. The molecule has 0 aliphatic carbocycles. The predicted molar refractivity (Wildman–Crippen MR) is 148 cm³/mol. The number of carbonyl (C=O) groups excluding carboxylic acids is 3. The molecule has 0 unspecified atom stereocenters. The largest absolute Gasteiger partial charge is 0.391 e. The van der Waals surface area contributed by atoms with Crippen LogP contribution in [0.1, 0.15) is 64.6 Å². The molecular weight excluding hydrogens is 544 g/mol. The maximum atomic E-state index is 13.4. The molecule has 0 spiro atoms. The second-order valence-electron chi connectivity index (χ2n) is 9.33. The number of aliphatic imine (C=N–C) groups is 1. The Hall–Kier alpha value is -3.55. The summed E-state index contributed by atoms with van der Waals surface area (Å²) in [5.41, 5.74) is 6.47. The number of amides is 3. The smallest absolute Gasteiger partial charge is 0.274 e. The Labute approximate surface area is 234 Å². The Bertz CT molecular complexity index is 1390. The number of thiazole rings is 1. The lowest BCUT2D eigenvalue weighted by molar-refractivity contribution is -0.122. The lowest BCUT2D eigenvalue weighted by Gasteiger charge is -2.21. The van der Waals surface area contributed by atoms with Crippen molar-refractivity contribution in [3.05, 3.63) is 51.3 Å². The van der Waals surface area contributed by atoms with Crippen molar-refractivity contribution in [1.82, 2.24) is 29.9 Å². The molecule has 39 heavy (non-hydrogen) atoms. The molecule has 14 heteroatoms. The van der Waals surface area contributed by atoms with Gasteiger partial charge in [0.1, 0.15) is 28.1 Å². The number of nitrogens with two attached hydrogens (primary N) is 1. The number of hydrogen-bond donors (Lipinski definition) is 4. The Balaban J connectivity index is 1.44. The van der Waals surface area contributed by atoms with E-state index in [9.17, 15) is 19.5 Å². The van der Waals surface area contributed by atoms with Crippen LogP contribution in [0.3, 0.4) is 0 Å². The van der Waals surface area contributed by atoms with Gasteiger partial charge in [0, 0.05) is 44.3 Å². The summed E-state index contributed by atoms with van der Waals surface area (Å²) in [6, 6.07) is 2.15. The fourth-order valence-corrected chi connectivity index (χ4v) is 5.51. The number of unbranched alkanes of at least 4 members (excludes halogenated alkanes) is 1. The average molecular weight is 575 g/mol. The zero-order chi connectivity index (χ0) is 28.1. The molecule has 0 saturated carbocycles. The zero-order valence-corrected chi connectivity index (χ0v) is 23.2. The van der Waals surface area contributed by atoms with Crippen molar-refractivity contribution < 1.29 is 19.5 Å². The number of imidazole rings is 1. The van der Waals surface area contributed by atoms with Crippen molar-refractivity contribution in [3.8, 4) is 0 Å². The number of likely N-dealkylation sites (tertiary alicyclic amines) is 1. The maximum Gasteiger partial charge on any atom is 0.274 e. The van der Waals surface area contributed by atoms with Crippen molar-refractivity contribution in [2.24, 2.45) is 10.7 Å². The number of amidine groups is 1. The second-order valence-corrected chi connectivity index (χ2v) is 10.7. The van der Waals surface area contributed by atoms with Crippen LogP contribution in [0, 0.1) is 0 Å². The number of rotatable bonds is 10. The summed E-state index contributed by atoms with van der Waals surface area (Å²) in [5.74, 6) is -0.646. The Morgan fingerprint density at radius 3 is 2.79 bits per heavy atom. The summed E-state index contributed by atoms with van der Waals surface area (Å²) in [7, 11) is 1.51. The van der Waals surface area contributed by atoms with Crippen LogP contribution in [0.2, 0.25) is 5.02 Å². The quantitative estimate of drug-likeness (QED) is 0.163. The van der Waals surface area contributed by atoms with Gasteiger partial charge in [-0.15, -0.1) is 11.3 Å². The third-order valence-electron chi connectivity index (χ3n) is 6.34. The number of pyridine rings is 1. The molecular formula is C25H31ClN8O4S. The first-order valence-electron chi connectivity index (χ1n) is 12.5. The number of nitrogens with zero attached hydrogens (tertiary/aromatic N) is 5. The van der Waals surface area contributed by atoms with Gasteiger partial charge in [0.2, 0.25) is 5.91 Å². The molecule has 208 valence electrons. The van der Waals surface area contributed by atoms with Crippen LogP contribution in [0.5, 0.6) is 0 Å². The van der Waals surface area contributed by atoms with E-state index in [1.807, 2.05) is 0 Å². The van der Waals surface area contributed by atoms with Crippen LogP contribution in [0.15, 0.2) is 34.9 Å². The molecule has 4 rings (SSSR count). The van der Waals surface area contributed by atoms with Crippen LogP contribution in [-0.4, -0.2) is 80.2 Å². The maximum absolute atomic E-state index is 13.4. The molecule has 1 fully saturated rings. The van der Waals surface area contributed by atoms with Crippen molar-refractivity contribution >= 4 is 52.1 Å². The molecule has 3 amide bonds. The predicted octanol–water partition coefficient (Wildman–Crippen LogP) is 1.78. The van der Waals surface area contributed by atoms with E-state index in [1.54, 1.807) is 41.2 Å². The van der Waals surface area contributed by atoms with Crippen LogP contribution in [0.4, 0.5) is 0 Å². The van der Waals surface area contributed by atoms with E-state index in [-0.39, 0.29) is 36.2 Å². The molecule has 1 aliphatic rings. The van der Waals surface area contributed by atoms with E-state index in [2.05, 4.69) is 25.6 Å². The lowest BCUT2D eigenvalue weighted by atomic mass is 10.1. The van der Waals surface area contributed by atoms with Crippen molar-refractivity contribution in [2.45, 2.75) is 50.8 Å². The molecule has 3 atom stereocenters. The average Bonchev–Trinajstić information content (AvgIpc) is 3.64. The standard InChI is InChI=1S/C25H31ClN8O4S/c1-14(27)29-8-4-3-5-17(22(36)28-2)31-23(37)19-13-39-24(32-19)20-9-16(35)11-34(20)25(38)18-12-33-10-15(26)6-7-21(33)30-18/h6-7,10,12-13,16-17,20,35H,3-5,8-9,11H2,1-2H3,(H2,27,29)(H,28,36)(H,31,37)/t16-,17-,20-/m1/s1. The monoisotopic (exact) mass is 574 g/mol. The number of aromatic nitrogens is 3. The zero-order valence-electron chi connectivity index (χ0n) is 21.6. The highest BCUT2D eigenvalue weighted by molar-refractivity contribution is 7.09. The normalized spacial score (nSPS) is 18.4. The number of likely N-dealkylation sites (N-methyl/N-ethyl adjacent to an activating group) is 1. The number of aliphatic hydroxyl groups excluding tert-OH is 1. The topological polar surface area (TPSA) is 167 Å². The molecule has 1 aliphatic heterocycles. The minimum atomic E-state index is -0.739. The van der Waals surface area contributed by atoms with Gasteiger partial charge in [-0.2, -0.15) is 0 Å². The number of β-amino-alcohol motifs (C(OH)–C–C–N with tert-alkyl or cyclic N) is 1. The highest BCUT2D eigenvalue weighted by Gasteiger charge is 2.38. The molecule has 1 saturated heterocycles. The van der Waals surface area contributed by atoms with Crippen molar-refractivity contribution in [2.75, 3.05) is 20.1 Å². The summed E-state index contributed by atoms with van der Waals surface area (Å²) in [6.07, 6.45) is 4.62. The van der Waals surface area contributed by atoms with E-state index >= 15 is 0 Å². The first kappa shape index (κ1) is 28.5. The second kappa shape index (κ2) is 12.5. The van der Waals surface area contributed by atoms with E-state index in [0.717, 1.165) is 6.42 Å². The van der Waals surface area contributed by atoms with E-state index in [0.29, 0.717) is 40.9 Å². The summed E-state index contributed by atoms with van der Waals surface area (Å²) in [6.45, 7) is 2.38. The summed E-state index contributed by atoms with van der Waals surface area (Å²) in [4.78, 5) is 53.2. The van der Waals surface area contributed by atoms with Crippen LogP contribution in [-0.2, 0) is 4.79 Å². The summed E-state index contributed by atoms with van der Waals surface area (Å²) >= 11 is 7.26. The number of carbonyl (C=O) groups is 3. The fraction of sp³-hybridized carbons (Fsp3) is 0.440. The number of hydrogen-bond acceptors (Lipinski definition) is 8. The molecule has 0 aromatic carbocycles. The Morgan fingerprint density at radius 1 is 1.26 bits per heavy atom. The Morgan fingerprint density at radius 2 is 2.05 bits per heavy atom. The number of fused-ring (bicyclic) bond motifs is 1. The molecule has 12 nitrogen and oxygen atoms in total. The Kier molecular flexibility index (Phi) is 9.15. The third kappa shape index (κ3) is 6.91. The van der Waals surface area contributed by atoms with Gasteiger partial charge in [-0.1, -0.05) is 11.6 Å². The van der Waals surface area contributed by atoms with Crippen LogP contribution in [0.25, 0.3) is 5.65 Å². The van der Waals surface area contributed by atoms with Crippen LogP contribution < -0.4 is 16.4 Å². The van der Waals surface area contributed by atoms with Gasteiger partial charge in [-0.25, -0.2) is 9.97 Å². The van der Waals surface area contributed by atoms with Crippen LogP contribution >= 0.6 is 22.9 Å². The first-order chi connectivity index (χ1) is 18.7. The van der Waals surface area contributed by atoms with Gasteiger partial charge < -0.3 is 30.8 Å². The molecule has 0 bridgehead atoms. The minimum absolute atomic E-state index is 0.117. The number of halogens is 1.